The van der Waals surface area contributed by atoms with Crippen molar-refractivity contribution in [3.63, 3.8) is 0 Å². The van der Waals surface area contributed by atoms with E-state index in [2.05, 4.69) is 60.7 Å². The Hall–Kier alpha value is -4.10. The zero-order valence-corrected chi connectivity index (χ0v) is 23.1. The number of rotatable bonds is 4. The van der Waals surface area contributed by atoms with Gasteiger partial charge < -0.3 is 4.42 Å². The van der Waals surface area contributed by atoms with Gasteiger partial charge in [-0.1, -0.05) is 118 Å². The Morgan fingerprint density at radius 3 is 2.05 bits per heavy atom. The van der Waals surface area contributed by atoms with Crippen molar-refractivity contribution in [2.75, 3.05) is 0 Å². The first kappa shape index (κ1) is 19.9. The molecule has 0 amide bonds. The van der Waals surface area contributed by atoms with Crippen molar-refractivity contribution in [1.82, 2.24) is 0 Å². The lowest BCUT2D eigenvalue weighted by Gasteiger charge is -2.21. The van der Waals surface area contributed by atoms with Crippen molar-refractivity contribution < 1.29 is 11.3 Å². The van der Waals surface area contributed by atoms with Crippen molar-refractivity contribution in [3.05, 3.63) is 119 Å². The highest BCUT2D eigenvalue weighted by Crippen LogP contribution is 2.43. The van der Waals surface area contributed by atoms with Crippen LogP contribution in [0.5, 0.6) is 0 Å². The summed E-state index contributed by atoms with van der Waals surface area (Å²) in [4.78, 5) is 0. The number of fused-ring (bicyclic) bond motifs is 3. The Labute approximate surface area is 239 Å². The second kappa shape index (κ2) is 9.58. The van der Waals surface area contributed by atoms with Gasteiger partial charge in [-0.3, -0.25) is 0 Å². The summed E-state index contributed by atoms with van der Waals surface area (Å²) in [6.45, 7) is 6.85. The zero-order valence-electron chi connectivity index (χ0n) is 28.1. The van der Waals surface area contributed by atoms with Gasteiger partial charge >= 0.3 is 0 Å². The Bertz CT molecular complexity index is 2010. The molecule has 0 spiro atoms. The van der Waals surface area contributed by atoms with Gasteiger partial charge in [0.05, 0.1) is 0 Å². The highest BCUT2D eigenvalue weighted by Gasteiger charge is 2.20. The molecular weight excluding hydrogens is 472 g/mol. The first-order valence-corrected chi connectivity index (χ1v) is 13.4. The van der Waals surface area contributed by atoms with Gasteiger partial charge in [-0.05, 0) is 77.0 Å². The Balaban J connectivity index is 1.57. The summed E-state index contributed by atoms with van der Waals surface area (Å²) < 4.78 is 49.6. The zero-order chi connectivity index (χ0) is 31.6. The van der Waals surface area contributed by atoms with Crippen LogP contribution in [-0.2, 0) is 6.37 Å². The molecule has 0 saturated heterocycles. The number of para-hydroxylation sites is 1. The molecule has 1 nitrogen and oxygen atoms in total. The molecular formula is C38H36O. The van der Waals surface area contributed by atoms with Crippen LogP contribution in [-0.4, -0.2) is 0 Å². The minimum absolute atomic E-state index is 0.0503. The molecule has 1 aromatic heterocycles. The quantitative estimate of drug-likeness (QED) is 0.228. The van der Waals surface area contributed by atoms with Crippen LogP contribution in [0.3, 0.4) is 0 Å². The maximum Gasteiger partial charge on any atom is 0.143 e. The van der Waals surface area contributed by atoms with Gasteiger partial charge in [0, 0.05) is 28.8 Å². The van der Waals surface area contributed by atoms with E-state index in [0.717, 1.165) is 60.9 Å². The van der Waals surface area contributed by atoms with E-state index in [1.54, 1.807) is 32.9 Å². The van der Waals surface area contributed by atoms with E-state index >= 15 is 0 Å². The SMILES string of the molecule is [2H]C([2H])([2H])c1cc(C)c(-c2c(C)ccc3c2oc2c(-c4ccc(-c5ccccc5)cc4)cccc23)cc1C([2H])([2H])C(C)(C)C. The van der Waals surface area contributed by atoms with Gasteiger partial charge in [0.15, 0.2) is 0 Å². The summed E-state index contributed by atoms with van der Waals surface area (Å²) in [5.41, 5.74) is 8.60. The van der Waals surface area contributed by atoms with Crippen LogP contribution >= 0.6 is 0 Å². The molecule has 0 aliphatic heterocycles. The summed E-state index contributed by atoms with van der Waals surface area (Å²) in [5.74, 6) is 0. The van der Waals surface area contributed by atoms with Gasteiger partial charge in [0.25, 0.3) is 0 Å². The number of hydrogen-bond acceptors (Lipinski definition) is 1. The van der Waals surface area contributed by atoms with Crippen LogP contribution in [0.15, 0.2) is 101 Å². The molecule has 1 heteroatoms. The third-order valence-electron chi connectivity index (χ3n) is 7.32. The first-order chi connectivity index (χ1) is 20.7. The second-order valence-corrected chi connectivity index (χ2v) is 11.4. The van der Waals surface area contributed by atoms with Crippen LogP contribution in [0.1, 0.15) is 49.9 Å². The molecule has 1 heterocycles. The monoisotopic (exact) mass is 513 g/mol. The summed E-state index contributed by atoms with van der Waals surface area (Å²) >= 11 is 0. The molecule has 0 unspecified atom stereocenters. The number of aryl methyl sites for hydroxylation is 3. The molecule has 0 bridgehead atoms. The van der Waals surface area contributed by atoms with Crippen LogP contribution < -0.4 is 0 Å². The standard InChI is InChI=1S/C38H36O/c1-24-15-20-33-32-14-10-13-31(29-18-16-28(17-19-29)27-11-8-7-9-12-27)36(32)39-37(33)35(24)34-22-30(23-38(4,5)6)25(2)21-26(34)3/h7-22H,23H2,1-6H3/i2D3,23D2. The molecule has 0 aliphatic carbocycles. The van der Waals surface area contributed by atoms with Gasteiger partial charge in [0.2, 0.25) is 0 Å². The topological polar surface area (TPSA) is 13.1 Å². The van der Waals surface area contributed by atoms with Crippen molar-refractivity contribution in [3.8, 4) is 33.4 Å². The Kier molecular flexibility index (Phi) is 4.89. The number of hydrogen-bond donors (Lipinski definition) is 0. The maximum absolute atomic E-state index is 9.06. The molecule has 0 aliphatic rings. The smallest absolute Gasteiger partial charge is 0.143 e. The minimum atomic E-state index is -2.46. The molecule has 194 valence electrons. The lowest BCUT2D eigenvalue weighted by atomic mass is 9.83. The van der Waals surface area contributed by atoms with Gasteiger partial charge in [-0.25, -0.2) is 0 Å². The Morgan fingerprint density at radius 1 is 0.641 bits per heavy atom. The van der Waals surface area contributed by atoms with Gasteiger partial charge in [-0.2, -0.15) is 0 Å². The van der Waals surface area contributed by atoms with Crippen molar-refractivity contribution in [2.24, 2.45) is 5.41 Å². The van der Waals surface area contributed by atoms with E-state index in [-0.39, 0.29) is 11.1 Å². The lowest BCUT2D eigenvalue weighted by Crippen LogP contribution is -2.10. The van der Waals surface area contributed by atoms with E-state index in [9.17, 15) is 0 Å². The van der Waals surface area contributed by atoms with E-state index in [0.29, 0.717) is 5.58 Å². The highest BCUT2D eigenvalue weighted by molar-refractivity contribution is 6.13. The summed E-state index contributed by atoms with van der Waals surface area (Å²) in [6.07, 6.45) is -1.89. The van der Waals surface area contributed by atoms with Crippen LogP contribution in [0.4, 0.5) is 0 Å². The molecule has 0 atom stereocenters. The summed E-state index contributed by atoms with van der Waals surface area (Å²) in [5, 5.41) is 1.95. The van der Waals surface area contributed by atoms with Crippen LogP contribution in [0.25, 0.3) is 55.3 Å². The third-order valence-corrected chi connectivity index (χ3v) is 7.32. The highest BCUT2D eigenvalue weighted by atomic mass is 16.3. The van der Waals surface area contributed by atoms with E-state index in [1.165, 1.54) is 0 Å². The number of furan rings is 1. The average molecular weight is 514 g/mol. The fourth-order valence-corrected chi connectivity index (χ4v) is 5.48. The van der Waals surface area contributed by atoms with Crippen LogP contribution in [0, 0.1) is 26.1 Å². The third kappa shape index (κ3) is 4.68. The predicted molar refractivity (Wildman–Crippen MR) is 167 cm³/mol. The normalized spacial score (nSPS) is 14.5. The Morgan fingerprint density at radius 2 is 1.33 bits per heavy atom. The molecule has 0 N–H and O–H groups in total. The second-order valence-electron chi connectivity index (χ2n) is 11.4. The van der Waals surface area contributed by atoms with Gasteiger partial charge in [0.1, 0.15) is 11.2 Å². The van der Waals surface area contributed by atoms with Crippen LogP contribution in [0.2, 0.25) is 0 Å². The molecule has 0 saturated carbocycles. The molecule has 39 heavy (non-hydrogen) atoms. The predicted octanol–water partition coefficient (Wildman–Crippen LogP) is 11.1. The summed E-state index contributed by atoms with van der Waals surface area (Å²) in [7, 11) is 0. The average Bonchev–Trinajstić information content (AvgIpc) is 3.35. The van der Waals surface area contributed by atoms with Gasteiger partial charge in [-0.15, -0.1) is 0 Å². The van der Waals surface area contributed by atoms with E-state index in [1.807, 2.05) is 38.1 Å². The van der Waals surface area contributed by atoms with E-state index in [4.69, 9.17) is 11.3 Å². The summed E-state index contributed by atoms with van der Waals surface area (Å²) in [6, 6.07) is 32.5. The maximum atomic E-state index is 9.06. The molecule has 0 fully saturated rings. The van der Waals surface area contributed by atoms with E-state index < -0.39 is 18.6 Å². The molecule has 0 radical (unpaired) electrons. The van der Waals surface area contributed by atoms with Crippen molar-refractivity contribution >= 4 is 21.9 Å². The fraction of sp³-hybridized carbons (Fsp3) is 0.211. The lowest BCUT2D eigenvalue weighted by molar-refractivity contribution is 0.410. The molecule has 6 rings (SSSR count). The largest absolute Gasteiger partial charge is 0.455 e. The fourth-order valence-electron chi connectivity index (χ4n) is 5.48. The molecule has 6 aromatic rings. The number of benzene rings is 5. The van der Waals surface area contributed by atoms with Crippen molar-refractivity contribution in [1.29, 1.82) is 0 Å². The molecule has 5 aromatic carbocycles. The minimum Gasteiger partial charge on any atom is -0.455 e. The van der Waals surface area contributed by atoms with Crippen molar-refractivity contribution in [2.45, 2.75) is 47.8 Å². The first-order valence-electron chi connectivity index (χ1n) is 15.9.